The van der Waals surface area contributed by atoms with Crippen LogP contribution in [0.4, 0.5) is 0 Å². The molecule has 0 nitrogen and oxygen atoms in total. The SMILES string of the molecule is CCc1ccc(C(=C(c2ccccc2)c2ccc(CC)cc2)c2ccccc2)cc1. The van der Waals surface area contributed by atoms with Gasteiger partial charge in [0.2, 0.25) is 0 Å². The lowest BCUT2D eigenvalue weighted by molar-refractivity contribution is 1.14. The molecule has 4 rings (SSSR count). The van der Waals surface area contributed by atoms with Crippen LogP contribution < -0.4 is 0 Å². The summed E-state index contributed by atoms with van der Waals surface area (Å²) in [6.07, 6.45) is 2.10. The lowest BCUT2D eigenvalue weighted by Crippen LogP contribution is -1.98. The second-order valence-corrected chi connectivity index (χ2v) is 7.58. The highest BCUT2D eigenvalue weighted by atomic mass is 14.2. The van der Waals surface area contributed by atoms with Gasteiger partial charge in [-0.1, -0.05) is 123 Å². The van der Waals surface area contributed by atoms with E-state index < -0.39 is 0 Å². The van der Waals surface area contributed by atoms with Crippen molar-refractivity contribution in [2.45, 2.75) is 26.7 Å². The third kappa shape index (κ3) is 4.28. The first kappa shape index (κ1) is 19.9. The van der Waals surface area contributed by atoms with Crippen LogP contribution in [0.15, 0.2) is 109 Å². The second kappa shape index (κ2) is 9.41. The van der Waals surface area contributed by atoms with Gasteiger partial charge in [0.15, 0.2) is 0 Å². The quantitative estimate of drug-likeness (QED) is 0.295. The molecule has 0 amide bonds. The Hall–Kier alpha value is -3.38. The zero-order valence-electron chi connectivity index (χ0n) is 17.8. The van der Waals surface area contributed by atoms with Gasteiger partial charge in [-0.25, -0.2) is 0 Å². The number of hydrogen-bond acceptors (Lipinski definition) is 0. The van der Waals surface area contributed by atoms with E-state index in [0.717, 1.165) is 12.8 Å². The van der Waals surface area contributed by atoms with Gasteiger partial charge >= 0.3 is 0 Å². The standard InChI is InChI=1S/C30H28/c1-3-23-15-19-27(20-16-23)29(25-11-7-5-8-12-25)30(26-13-9-6-10-14-26)28-21-17-24(4-2)18-22-28/h5-22H,3-4H2,1-2H3. The van der Waals surface area contributed by atoms with E-state index in [1.165, 1.54) is 44.5 Å². The zero-order chi connectivity index (χ0) is 20.8. The van der Waals surface area contributed by atoms with E-state index in [2.05, 4.69) is 123 Å². The molecule has 4 aromatic rings. The normalized spacial score (nSPS) is 11.8. The Labute approximate surface area is 180 Å². The van der Waals surface area contributed by atoms with Crippen LogP contribution in [0.5, 0.6) is 0 Å². The first-order valence-electron chi connectivity index (χ1n) is 10.8. The smallest absolute Gasteiger partial charge is 0.00268 e. The number of rotatable bonds is 6. The van der Waals surface area contributed by atoms with Crippen LogP contribution in [0.3, 0.4) is 0 Å². The minimum atomic E-state index is 1.05. The molecule has 30 heavy (non-hydrogen) atoms. The first-order chi connectivity index (χ1) is 14.8. The number of hydrogen-bond donors (Lipinski definition) is 0. The Morgan fingerprint density at radius 2 is 0.700 bits per heavy atom. The molecule has 0 unspecified atom stereocenters. The van der Waals surface area contributed by atoms with Crippen LogP contribution in [0, 0.1) is 0 Å². The van der Waals surface area contributed by atoms with Gasteiger partial charge in [-0.3, -0.25) is 0 Å². The Morgan fingerprint density at radius 1 is 0.400 bits per heavy atom. The maximum atomic E-state index is 2.27. The van der Waals surface area contributed by atoms with Crippen molar-refractivity contribution in [3.8, 4) is 0 Å². The Bertz CT molecular complexity index is 1010. The molecule has 0 radical (unpaired) electrons. The van der Waals surface area contributed by atoms with E-state index in [4.69, 9.17) is 0 Å². The van der Waals surface area contributed by atoms with Gasteiger partial charge in [0.25, 0.3) is 0 Å². The fourth-order valence-corrected chi connectivity index (χ4v) is 3.93. The first-order valence-corrected chi connectivity index (χ1v) is 10.8. The zero-order valence-corrected chi connectivity index (χ0v) is 17.8. The third-order valence-electron chi connectivity index (χ3n) is 5.68. The average molecular weight is 389 g/mol. The Kier molecular flexibility index (Phi) is 6.25. The van der Waals surface area contributed by atoms with Crippen LogP contribution in [0.25, 0.3) is 11.1 Å². The Balaban J connectivity index is 2.03. The predicted molar refractivity (Wildman–Crippen MR) is 130 cm³/mol. The molecule has 0 heteroatoms. The summed E-state index contributed by atoms with van der Waals surface area (Å²) in [5, 5.41) is 0. The van der Waals surface area contributed by atoms with Crippen molar-refractivity contribution < 1.29 is 0 Å². The highest BCUT2D eigenvalue weighted by Crippen LogP contribution is 2.37. The molecule has 0 heterocycles. The van der Waals surface area contributed by atoms with Crippen LogP contribution in [-0.2, 0) is 12.8 Å². The van der Waals surface area contributed by atoms with E-state index >= 15 is 0 Å². The monoisotopic (exact) mass is 388 g/mol. The largest absolute Gasteiger partial charge is 0.0622 e. The lowest BCUT2D eigenvalue weighted by atomic mass is 9.85. The molecule has 0 atom stereocenters. The van der Waals surface area contributed by atoms with Crippen LogP contribution in [0.1, 0.15) is 47.2 Å². The van der Waals surface area contributed by atoms with Crippen molar-refractivity contribution in [1.29, 1.82) is 0 Å². The van der Waals surface area contributed by atoms with E-state index in [1.54, 1.807) is 0 Å². The van der Waals surface area contributed by atoms with Gasteiger partial charge in [-0.15, -0.1) is 0 Å². The van der Waals surface area contributed by atoms with E-state index in [1.807, 2.05) is 0 Å². The van der Waals surface area contributed by atoms with Crippen LogP contribution in [0.2, 0.25) is 0 Å². The summed E-state index contributed by atoms with van der Waals surface area (Å²) in [7, 11) is 0. The van der Waals surface area contributed by atoms with Crippen molar-refractivity contribution in [2.75, 3.05) is 0 Å². The van der Waals surface area contributed by atoms with Crippen molar-refractivity contribution in [1.82, 2.24) is 0 Å². The summed E-state index contributed by atoms with van der Waals surface area (Å²) in [5.74, 6) is 0. The third-order valence-corrected chi connectivity index (χ3v) is 5.68. The summed E-state index contributed by atoms with van der Waals surface area (Å²) in [6, 6.07) is 39.6. The maximum absolute atomic E-state index is 2.27. The fraction of sp³-hybridized carbons (Fsp3) is 0.133. The number of benzene rings is 4. The summed E-state index contributed by atoms with van der Waals surface area (Å²) < 4.78 is 0. The molecule has 0 aromatic heterocycles. The molecule has 0 N–H and O–H groups in total. The van der Waals surface area contributed by atoms with Crippen molar-refractivity contribution >= 4 is 11.1 Å². The lowest BCUT2D eigenvalue weighted by Gasteiger charge is -2.18. The fourth-order valence-electron chi connectivity index (χ4n) is 3.93. The molecule has 0 saturated carbocycles. The molecule has 0 aliphatic carbocycles. The van der Waals surface area contributed by atoms with Gasteiger partial charge in [0, 0.05) is 0 Å². The summed E-state index contributed by atoms with van der Waals surface area (Å²) in [4.78, 5) is 0. The van der Waals surface area contributed by atoms with Crippen molar-refractivity contribution in [3.05, 3.63) is 143 Å². The summed E-state index contributed by atoms with van der Waals surface area (Å²) in [5.41, 5.74) is 10.2. The Morgan fingerprint density at radius 3 is 1.00 bits per heavy atom. The molecular formula is C30H28. The molecule has 0 aliphatic rings. The number of aryl methyl sites for hydroxylation is 2. The van der Waals surface area contributed by atoms with Crippen LogP contribution >= 0.6 is 0 Å². The molecule has 148 valence electrons. The van der Waals surface area contributed by atoms with Crippen molar-refractivity contribution in [2.24, 2.45) is 0 Å². The topological polar surface area (TPSA) is 0 Å². The van der Waals surface area contributed by atoms with Gasteiger partial charge in [-0.05, 0) is 57.4 Å². The van der Waals surface area contributed by atoms with E-state index in [-0.39, 0.29) is 0 Å². The molecule has 0 fully saturated rings. The minimum absolute atomic E-state index is 1.05. The molecule has 4 aromatic carbocycles. The van der Waals surface area contributed by atoms with Gasteiger partial charge in [-0.2, -0.15) is 0 Å². The second-order valence-electron chi connectivity index (χ2n) is 7.58. The molecular weight excluding hydrogens is 360 g/mol. The average Bonchev–Trinajstić information content (AvgIpc) is 2.84. The van der Waals surface area contributed by atoms with Gasteiger partial charge in [0.1, 0.15) is 0 Å². The predicted octanol–water partition coefficient (Wildman–Crippen LogP) is 7.82. The van der Waals surface area contributed by atoms with E-state index in [9.17, 15) is 0 Å². The van der Waals surface area contributed by atoms with Crippen LogP contribution in [-0.4, -0.2) is 0 Å². The highest BCUT2D eigenvalue weighted by Gasteiger charge is 2.16. The van der Waals surface area contributed by atoms with Gasteiger partial charge < -0.3 is 0 Å². The molecule has 0 bridgehead atoms. The van der Waals surface area contributed by atoms with Gasteiger partial charge in [0.05, 0.1) is 0 Å². The van der Waals surface area contributed by atoms with Crippen molar-refractivity contribution in [3.63, 3.8) is 0 Å². The van der Waals surface area contributed by atoms with E-state index in [0.29, 0.717) is 0 Å². The molecule has 0 spiro atoms. The maximum Gasteiger partial charge on any atom is -0.00268 e. The molecule has 0 aliphatic heterocycles. The summed E-state index contributed by atoms with van der Waals surface area (Å²) >= 11 is 0. The summed E-state index contributed by atoms with van der Waals surface area (Å²) in [6.45, 7) is 4.40. The molecule has 0 saturated heterocycles. The minimum Gasteiger partial charge on any atom is -0.0622 e. The highest BCUT2D eigenvalue weighted by molar-refractivity contribution is 6.04.